The third-order valence-electron chi connectivity index (χ3n) is 4.23. The number of nitrogens with one attached hydrogen (secondary N) is 1. The number of fused-ring (bicyclic) bond motifs is 1. The predicted molar refractivity (Wildman–Crippen MR) is 90.2 cm³/mol. The molecule has 0 saturated heterocycles. The van der Waals surface area contributed by atoms with E-state index in [1.165, 1.54) is 7.11 Å². The molecule has 3 rings (SSSR count). The average Bonchev–Trinajstić information content (AvgIpc) is 2.79. The van der Waals surface area contributed by atoms with Gasteiger partial charge in [-0.05, 0) is 41.8 Å². The van der Waals surface area contributed by atoms with Crippen molar-refractivity contribution < 1.29 is 14.6 Å². The van der Waals surface area contributed by atoms with Gasteiger partial charge in [-0.2, -0.15) is 0 Å². The normalized spacial score (nSPS) is 19.7. The van der Waals surface area contributed by atoms with Gasteiger partial charge in [-0.3, -0.25) is 4.79 Å². The minimum atomic E-state index is -1.82. The van der Waals surface area contributed by atoms with Crippen molar-refractivity contribution in [3.8, 4) is 5.75 Å². The van der Waals surface area contributed by atoms with E-state index in [2.05, 4.69) is 19.2 Å². The van der Waals surface area contributed by atoms with Crippen LogP contribution in [0, 0.1) is 0 Å². The summed E-state index contributed by atoms with van der Waals surface area (Å²) < 4.78 is 5.38. The molecule has 1 aliphatic rings. The molecule has 1 aliphatic heterocycles. The minimum Gasteiger partial charge on any atom is -0.496 e. The smallest absolute Gasteiger partial charge is 0.266 e. The molecule has 2 aromatic carbocycles. The molecule has 2 aromatic rings. The number of methoxy groups -OCH3 is 1. The first-order chi connectivity index (χ1) is 10.9. The highest BCUT2D eigenvalue weighted by atomic mass is 35.5. The molecule has 1 heterocycles. The molecule has 1 atom stereocenters. The van der Waals surface area contributed by atoms with Crippen LogP contribution in [-0.4, -0.2) is 18.1 Å². The standard InChI is InChI=1S/C18H18ClNO3/c1-10(2)11-4-7-16(23-3)14(8-11)18(22)13-9-12(19)5-6-15(13)20-17(18)21/h4-10,22H,1-3H3,(H,20,21). The first-order valence-electron chi connectivity index (χ1n) is 7.40. The molecule has 0 spiro atoms. The topological polar surface area (TPSA) is 58.6 Å². The average molecular weight is 332 g/mol. The van der Waals surface area contributed by atoms with Crippen LogP contribution in [0.15, 0.2) is 36.4 Å². The molecular formula is C18H18ClNO3. The van der Waals surface area contributed by atoms with Gasteiger partial charge in [-0.1, -0.05) is 31.5 Å². The van der Waals surface area contributed by atoms with Crippen molar-refractivity contribution in [3.05, 3.63) is 58.1 Å². The number of benzene rings is 2. The fourth-order valence-corrected chi connectivity index (χ4v) is 3.07. The predicted octanol–water partition coefficient (Wildman–Crippen LogP) is 3.66. The largest absolute Gasteiger partial charge is 0.496 e. The van der Waals surface area contributed by atoms with Gasteiger partial charge in [0.05, 0.1) is 7.11 Å². The number of hydrogen-bond donors (Lipinski definition) is 2. The highest BCUT2D eigenvalue weighted by molar-refractivity contribution is 6.31. The second-order valence-corrected chi connectivity index (χ2v) is 6.41. The van der Waals surface area contributed by atoms with Gasteiger partial charge < -0.3 is 15.2 Å². The number of amides is 1. The minimum absolute atomic E-state index is 0.256. The van der Waals surface area contributed by atoms with E-state index in [1.807, 2.05) is 12.1 Å². The third-order valence-corrected chi connectivity index (χ3v) is 4.46. The van der Waals surface area contributed by atoms with Crippen molar-refractivity contribution in [2.45, 2.75) is 25.4 Å². The number of rotatable bonds is 3. The monoisotopic (exact) mass is 331 g/mol. The first-order valence-corrected chi connectivity index (χ1v) is 7.78. The van der Waals surface area contributed by atoms with Gasteiger partial charge >= 0.3 is 0 Å². The van der Waals surface area contributed by atoms with E-state index in [1.54, 1.807) is 24.3 Å². The zero-order valence-electron chi connectivity index (χ0n) is 13.2. The van der Waals surface area contributed by atoms with Crippen molar-refractivity contribution in [2.75, 3.05) is 12.4 Å². The highest BCUT2D eigenvalue weighted by Crippen LogP contribution is 2.45. The van der Waals surface area contributed by atoms with Gasteiger partial charge in [0.2, 0.25) is 0 Å². The number of anilines is 1. The SMILES string of the molecule is COc1ccc(C(C)C)cc1C1(O)C(=O)Nc2ccc(Cl)cc21. The molecule has 0 saturated carbocycles. The Labute approximate surface area is 140 Å². The summed E-state index contributed by atoms with van der Waals surface area (Å²) in [6, 6.07) is 10.5. The summed E-state index contributed by atoms with van der Waals surface area (Å²) >= 11 is 6.06. The van der Waals surface area contributed by atoms with Crippen molar-refractivity contribution in [3.63, 3.8) is 0 Å². The van der Waals surface area contributed by atoms with E-state index < -0.39 is 11.5 Å². The van der Waals surface area contributed by atoms with Crippen molar-refractivity contribution in [2.24, 2.45) is 0 Å². The zero-order valence-corrected chi connectivity index (χ0v) is 13.9. The summed E-state index contributed by atoms with van der Waals surface area (Å²) in [6.45, 7) is 4.10. The van der Waals surface area contributed by atoms with Crippen LogP contribution in [0.1, 0.15) is 36.5 Å². The van der Waals surface area contributed by atoms with Crippen LogP contribution >= 0.6 is 11.6 Å². The molecule has 0 fully saturated rings. The molecule has 1 unspecified atom stereocenters. The molecule has 0 radical (unpaired) electrons. The summed E-state index contributed by atoms with van der Waals surface area (Å²) in [5, 5.41) is 14.4. The van der Waals surface area contributed by atoms with Gasteiger partial charge in [-0.15, -0.1) is 0 Å². The fraction of sp³-hybridized carbons (Fsp3) is 0.278. The molecular weight excluding hydrogens is 314 g/mol. The Morgan fingerprint density at radius 1 is 1.17 bits per heavy atom. The van der Waals surface area contributed by atoms with E-state index in [0.717, 1.165) is 5.56 Å². The number of aliphatic hydroxyl groups is 1. The van der Waals surface area contributed by atoms with E-state index in [-0.39, 0.29) is 5.92 Å². The molecule has 4 nitrogen and oxygen atoms in total. The van der Waals surface area contributed by atoms with E-state index in [9.17, 15) is 9.90 Å². The lowest BCUT2D eigenvalue weighted by Crippen LogP contribution is -2.35. The number of carbonyl (C=O) groups is 1. The Morgan fingerprint density at radius 3 is 2.57 bits per heavy atom. The van der Waals surface area contributed by atoms with Crippen LogP contribution in [0.2, 0.25) is 5.02 Å². The van der Waals surface area contributed by atoms with Gasteiger partial charge in [-0.25, -0.2) is 0 Å². The zero-order chi connectivity index (χ0) is 16.8. The summed E-state index contributed by atoms with van der Waals surface area (Å²) in [5.41, 5.74) is 0.603. The van der Waals surface area contributed by atoms with Gasteiger partial charge in [0.15, 0.2) is 5.60 Å². The maximum atomic E-state index is 12.6. The number of carbonyl (C=O) groups excluding carboxylic acids is 1. The lowest BCUT2D eigenvalue weighted by molar-refractivity contribution is -0.129. The Balaban J connectivity index is 2.27. The summed E-state index contributed by atoms with van der Waals surface area (Å²) in [5.74, 6) is 0.209. The summed E-state index contributed by atoms with van der Waals surface area (Å²) in [4.78, 5) is 12.6. The molecule has 0 bridgehead atoms. The van der Waals surface area contributed by atoms with Gasteiger partial charge in [0.25, 0.3) is 5.91 Å². The number of ether oxygens (including phenoxy) is 1. The van der Waals surface area contributed by atoms with E-state index >= 15 is 0 Å². The molecule has 1 amide bonds. The van der Waals surface area contributed by atoms with Gasteiger partial charge in [0.1, 0.15) is 5.75 Å². The Bertz CT molecular complexity index is 788. The molecule has 23 heavy (non-hydrogen) atoms. The van der Waals surface area contributed by atoms with Crippen molar-refractivity contribution >= 4 is 23.2 Å². The van der Waals surface area contributed by atoms with E-state index in [4.69, 9.17) is 16.3 Å². The molecule has 0 aromatic heterocycles. The van der Waals surface area contributed by atoms with Crippen LogP contribution in [0.5, 0.6) is 5.75 Å². The third kappa shape index (κ3) is 2.38. The molecule has 5 heteroatoms. The summed E-state index contributed by atoms with van der Waals surface area (Å²) in [7, 11) is 1.52. The number of halogens is 1. The quantitative estimate of drug-likeness (QED) is 0.902. The van der Waals surface area contributed by atoms with Crippen LogP contribution in [0.3, 0.4) is 0 Å². The van der Waals surface area contributed by atoms with Crippen molar-refractivity contribution in [1.29, 1.82) is 0 Å². The van der Waals surface area contributed by atoms with Gasteiger partial charge in [0, 0.05) is 21.8 Å². The highest BCUT2D eigenvalue weighted by Gasteiger charge is 2.48. The Kier molecular flexibility index (Phi) is 3.82. The first kappa shape index (κ1) is 15.8. The molecule has 120 valence electrons. The molecule has 0 aliphatic carbocycles. The van der Waals surface area contributed by atoms with Crippen LogP contribution in [0.25, 0.3) is 0 Å². The lowest BCUT2D eigenvalue weighted by Gasteiger charge is -2.25. The van der Waals surface area contributed by atoms with Crippen LogP contribution in [-0.2, 0) is 10.4 Å². The van der Waals surface area contributed by atoms with E-state index in [0.29, 0.717) is 27.6 Å². The lowest BCUT2D eigenvalue weighted by atomic mass is 9.85. The van der Waals surface area contributed by atoms with Crippen LogP contribution < -0.4 is 10.1 Å². The molecule has 2 N–H and O–H groups in total. The Hall–Kier alpha value is -2.04. The second-order valence-electron chi connectivity index (χ2n) is 5.97. The Morgan fingerprint density at radius 2 is 1.91 bits per heavy atom. The van der Waals surface area contributed by atoms with Crippen molar-refractivity contribution in [1.82, 2.24) is 0 Å². The maximum Gasteiger partial charge on any atom is 0.266 e. The maximum absolute atomic E-state index is 12.6. The summed E-state index contributed by atoms with van der Waals surface area (Å²) in [6.07, 6.45) is 0. The van der Waals surface area contributed by atoms with Crippen LogP contribution in [0.4, 0.5) is 5.69 Å². The second kappa shape index (κ2) is 5.55. The number of hydrogen-bond acceptors (Lipinski definition) is 3. The fourth-order valence-electron chi connectivity index (χ4n) is 2.89.